The molecule has 2 aromatic rings. The lowest BCUT2D eigenvalue weighted by molar-refractivity contribution is 0.0735. The van der Waals surface area contributed by atoms with Gasteiger partial charge in [-0.05, 0) is 43.0 Å². The molecular formula is C18H18BrNO. The van der Waals surface area contributed by atoms with Crippen LogP contribution in [-0.2, 0) is 0 Å². The van der Waals surface area contributed by atoms with E-state index in [1.54, 1.807) is 0 Å². The summed E-state index contributed by atoms with van der Waals surface area (Å²) < 4.78 is 0.990. The van der Waals surface area contributed by atoms with E-state index in [1.165, 1.54) is 5.56 Å². The summed E-state index contributed by atoms with van der Waals surface area (Å²) in [7, 11) is 0. The van der Waals surface area contributed by atoms with Gasteiger partial charge in [-0.25, -0.2) is 0 Å². The number of carbonyl (C=O) groups excluding carboxylic acids is 1. The Morgan fingerprint density at radius 2 is 1.95 bits per heavy atom. The van der Waals surface area contributed by atoms with Crippen LogP contribution in [0.25, 0.3) is 0 Å². The molecule has 2 aromatic carbocycles. The predicted octanol–water partition coefficient (Wildman–Crippen LogP) is 4.73. The molecule has 0 bridgehead atoms. The zero-order valence-corrected chi connectivity index (χ0v) is 13.6. The first-order valence-corrected chi connectivity index (χ1v) is 8.08. The number of halogens is 1. The molecule has 0 aliphatic carbocycles. The Bertz CT molecular complexity index is 654. The average molecular weight is 344 g/mol. The number of rotatable bonds is 2. The van der Waals surface area contributed by atoms with Gasteiger partial charge in [-0.3, -0.25) is 4.79 Å². The highest BCUT2D eigenvalue weighted by Crippen LogP contribution is 2.33. The molecule has 1 aliphatic rings. The number of benzene rings is 2. The largest absolute Gasteiger partial charge is 0.332 e. The Balaban J connectivity index is 1.88. The van der Waals surface area contributed by atoms with Gasteiger partial charge in [0.2, 0.25) is 0 Å². The van der Waals surface area contributed by atoms with Crippen LogP contribution in [0.2, 0.25) is 0 Å². The number of carbonyl (C=O) groups is 1. The molecule has 1 saturated heterocycles. The maximum Gasteiger partial charge on any atom is 0.254 e. The minimum Gasteiger partial charge on any atom is -0.332 e. The highest BCUT2D eigenvalue weighted by atomic mass is 79.9. The molecule has 3 heteroatoms. The van der Waals surface area contributed by atoms with E-state index in [9.17, 15) is 4.79 Å². The van der Waals surface area contributed by atoms with E-state index in [2.05, 4.69) is 28.1 Å². The molecule has 3 rings (SSSR count). The minimum absolute atomic E-state index is 0.127. The van der Waals surface area contributed by atoms with Crippen LogP contribution in [0.3, 0.4) is 0 Å². The highest BCUT2D eigenvalue weighted by Gasteiger charge is 2.30. The van der Waals surface area contributed by atoms with Gasteiger partial charge in [-0.1, -0.05) is 52.3 Å². The number of hydrogen-bond donors (Lipinski definition) is 0. The van der Waals surface area contributed by atoms with E-state index in [4.69, 9.17) is 0 Å². The van der Waals surface area contributed by atoms with Gasteiger partial charge in [-0.15, -0.1) is 0 Å². The summed E-state index contributed by atoms with van der Waals surface area (Å²) in [5.74, 6) is 0.127. The molecule has 0 aromatic heterocycles. The van der Waals surface area contributed by atoms with Gasteiger partial charge in [-0.2, -0.15) is 0 Å². The number of aryl methyl sites for hydroxylation is 1. The van der Waals surface area contributed by atoms with E-state index in [0.29, 0.717) is 0 Å². The molecule has 0 saturated carbocycles. The van der Waals surface area contributed by atoms with E-state index in [0.717, 1.165) is 35.0 Å². The van der Waals surface area contributed by atoms with Crippen molar-refractivity contribution in [2.24, 2.45) is 0 Å². The number of hydrogen-bond acceptors (Lipinski definition) is 1. The lowest BCUT2D eigenvalue weighted by Gasteiger charge is -2.25. The molecule has 1 aliphatic heterocycles. The van der Waals surface area contributed by atoms with Crippen molar-refractivity contribution in [2.45, 2.75) is 25.8 Å². The van der Waals surface area contributed by atoms with E-state index in [-0.39, 0.29) is 11.9 Å². The van der Waals surface area contributed by atoms with Gasteiger partial charge in [0.25, 0.3) is 5.91 Å². The van der Waals surface area contributed by atoms with Crippen LogP contribution in [0.4, 0.5) is 0 Å². The predicted molar refractivity (Wildman–Crippen MR) is 88.3 cm³/mol. The van der Waals surface area contributed by atoms with Crippen molar-refractivity contribution in [3.05, 3.63) is 69.7 Å². The third-order valence-corrected chi connectivity index (χ3v) is 4.97. The van der Waals surface area contributed by atoms with Crippen LogP contribution in [0.5, 0.6) is 0 Å². The standard InChI is InChI=1S/C18H18BrNO/c1-13-9-10-15(12-16(13)19)18(21)20-11-5-8-17(20)14-6-3-2-4-7-14/h2-4,6-7,9-10,12,17H,5,8,11H2,1H3. The van der Waals surface area contributed by atoms with Crippen molar-refractivity contribution in [1.29, 1.82) is 0 Å². The van der Waals surface area contributed by atoms with Gasteiger partial charge in [0.15, 0.2) is 0 Å². The fourth-order valence-electron chi connectivity index (χ4n) is 2.92. The average Bonchev–Trinajstić information content (AvgIpc) is 2.99. The monoisotopic (exact) mass is 343 g/mol. The topological polar surface area (TPSA) is 20.3 Å². The molecule has 0 radical (unpaired) electrons. The maximum absolute atomic E-state index is 12.8. The Morgan fingerprint density at radius 3 is 2.67 bits per heavy atom. The van der Waals surface area contributed by atoms with E-state index >= 15 is 0 Å². The second-order valence-corrected chi connectivity index (χ2v) is 6.39. The lowest BCUT2D eigenvalue weighted by atomic mass is 10.0. The lowest BCUT2D eigenvalue weighted by Crippen LogP contribution is -2.30. The third kappa shape index (κ3) is 2.88. The van der Waals surface area contributed by atoms with Gasteiger partial charge in [0.05, 0.1) is 6.04 Å². The van der Waals surface area contributed by atoms with Crippen molar-refractivity contribution >= 4 is 21.8 Å². The SMILES string of the molecule is Cc1ccc(C(=O)N2CCCC2c2ccccc2)cc1Br. The quantitative estimate of drug-likeness (QED) is 0.771. The molecular weight excluding hydrogens is 326 g/mol. The Morgan fingerprint density at radius 1 is 1.19 bits per heavy atom. The van der Waals surface area contributed by atoms with Crippen molar-refractivity contribution in [3.63, 3.8) is 0 Å². The van der Waals surface area contributed by atoms with Gasteiger partial charge < -0.3 is 4.90 Å². The number of amides is 1. The molecule has 21 heavy (non-hydrogen) atoms. The Labute approximate surface area is 133 Å². The second kappa shape index (κ2) is 6.02. The summed E-state index contributed by atoms with van der Waals surface area (Å²) in [5, 5.41) is 0. The molecule has 1 fully saturated rings. The number of nitrogens with zero attached hydrogens (tertiary/aromatic N) is 1. The van der Waals surface area contributed by atoms with Crippen molar-refractivity contribution in [1.82, 2.24) is 4.90 Å². The van der Waals surface area contributed by atoms with Gasteiger partial charge in [0.1, 0.15) is 0 Å². The molecule has 1 amide bonds. The van der Waals surface area contributed by atoms with Crippen LogP contribution in [-0.4, -0.2) is 17.4 Å². The molecule has 0 spiro atoms. The first-order chi connectivity index (χ1) is 10.2. The van der Waals surface area contributed by atoms with Crippen LogP contribution in [0.15, 0.2) is 53.0 Å². The molecule has 1 heterocycles. The van der Waals surface area contributed by atoms with Crippen molar-refractivity contribution in [2.75, 3.05) is 6.54 Å². The zero-order chi connectivity index (χ0) is 14.8. The normalized spacial score (nSPS) is 18.0. The Hall–Kier alpha value is -1.61. The number of likely N-dealkylation sites (tertiary alicyclic amines) is 1. The Kier molecular flexibility index (Phi) is 4.11. The van der Waals surface area contributed by atoms with Crippen molar-refractivity contribution < 1.29 is 4.79 Å². The molecule has 1 atom stereocenters. The van der Waals surface area contributed by atoms with Gasteiger partial charge in [0, 0.05) is 16.6 Å². The highest BCUT2D eigenvalue weighted by molar-refractivity contribution is 9.10. The summed E-state index contributed by atoms with van der Waals surface area (Å²) in [6.07, 6.45) is 2.11. The minimum atomic E-state index is 0.127. The molecule has 1 unspecified atom stereocenters. The summed E-state index contributed by atoms with van der Waals surface area (Å²) in [5.41, 5.74) is 3.14. The van der Waals surface area contributed by atoms with Crippen LogP contribution in [0, 0.1) is 6.92 Å². The third-order valence-electron chi connectivity index (χ3n) is 4.12. The molecule has 0 N–H and O–H groups in total. The van der Waals surface area contributed by atoms with Crippen LogP contribution >= 0.6 is 15.9 Å². The smallest absolute Gasteiger partial charge is 0.254 e. The maximum atomic E-state index is 12.8. The fourth-order valence-corrected chi connectivity index (χ4v) is 3.30. The van der Waals surface area contributed by atoms with Crippen molar-refractivity contribution in [3.8, 4) is 0 Å². The molecule has 108 valence electrons. The van der Waals surface area contributed by atoms with E-state index < -0.39 is 0 Å². The van der Waals surface area contributed by atoms with Gasteiger partial charge >= 0.3 is 0 Å². The summed E-state index contributed by atoms with van der Waals surface area (Å²) in [6.45, 7) is 2.87. The summed E-state index contributed by atoms with van der Waals surface area (Å²) in [4.78, 5) is 14.8. The van der Waals surface area contributed by atoms with Crippen LogP contribution < -0.4 is 0 Å². The molecule has 2 nitrogen and oxygen atoms in total. The first-order valence-electron chi connectivity index (χ1n) is 7.29. The van der Waals surface area contributed by atoms with Crippen LogP contribution in [0.1, 0.15) is 40.4 Å². The fraction of sp³-hybridized carbons (Fsp3) is 0.278. The second-order valence-electron chi connectivity index (χ2n) is 5.53. The zero-order valence-electron chi connectivity index (χ0n) is 12.1. The van der Waals surface area contributed by atoms with E-state index in [1.807, 2.05) is 48.2 Å². The summed E-state index contributed by atoms with van der Waals surface area (Å²) in [6, 6.07) is 16.4. The summed E-state index contributed by atoms with van der Waals surface area (Å²) >= 11 is 3.51. The first kappa shape index (κ1) is 14.3.